The molecule has 0 bridgehead atoms. The zero-order valence-electron chi connectivity index (χ0n) is 13.1. The minimum absolute atomic E-state index is 0.333. The SMILES string of the molecule is CCCNC(COCC)CC1CCCN(S(C)(=O)=O)C1. The van der Waals surface area contributed by atoms with Crippen molar-refractivity contribution in [1.82, 2.24) is 9.62 Å². The Morgan fingerprint density at radius 2 is 2.15 bits per heavy atom. The van der Waals surface area contributed by atoms with Crippen molar-refractivity contribution in [2.45, 2.75) is 45.6 Å². The molecule has 6 heteroatoms. The lowest BCUT2D eigenvalue weighted by Crippen LogP contribution is -2.43. The molecule has 0 spiro atoms. The number of sulfonamides is 1. The largest absolute Gasteiger partial charge is 0.380 e. The number of nitrogens with one attached hydrogen (secondary N) is 1. The van der Waals surface area contributed by atoms with Gasteiger partial charge >= 0.3 is 0 Å². The van der Waals surface area contributed by atoms with Gasteiger partial charge in [0.1, 0.15) is 0 Å². The average molecular weight is 306 g/mol. The standard InChI is InChI=1S/C14H30N2O3S/c1-4-8-15-14(12-19-5-2)10-13-7-6-9-16(11-13)20(3,17)18/h13-15H,4-12H2,1-3H3. The monoisotopic (exact) mass is 306 g/mol. The second-order valence-electron chi connectivity index (χ2n) is 5.68. The Labute approximate surface area is 124 Å². The maximum absolute atomic E-state index is 11.6. The minimum Gasteiger partial charge on any atom is -0.380 e. The summed E-state index contributed by atoms with van der Waals surface area (Å²) in [5.41, 5.74) is 0. The van der Waals surface area contributed by atoms with Gasteiger partial charge in [0, 0.05) is 25.7 Å². The van der Waals surface area contributed by atoms with E-state index in [9.17, 15) is 8.42 Å². The van der Waals surface area contributed by atoms with Crippen LogP contribution in [-0.4, -0.2) is 57.9 Å². The highest BCUT2D eigenvalue weighted by Gasteiger charge is 2.27. The van der Waals surface area contributed by atoms with E-state index in [4.69, 9.17) is 4.74 Å². The molecule has 1 N–H and O–H groups in total. The molecule has 1 heterocycles. The van der Waals surface area contributed by atoms with E-state index in [1.807, 2.05) is 6.92 Å². The third kappa shape index (κ3) is 6.52. The molecule has 1 fully saturated rings. The molecule has 1 saturated heterocycles. The molecular formula is C14H30N2O3S. The molecule has 2 unspecified atom stereocenters. The highest BCUT2D eigenvalue weighted by molar-refractivity contribution is 7.88. The van der Waals surface area contributed by atoms with Gasteiger partial charge in [-0.2, -0.15) is 0 Å². The number of piperidine rings is 1. The van der Waals surface area contributed by atoms with E-state index in [2.05, 4.69) is 12.2 Å². The molecule has 0 aromatic carbocycles. The zero-order chi connectivity index (χ0) is 15.0. The van der Waals surface area contributed by atoms with Crippen molar-refractivity contribution >= 4 is 10.0 Å². The number of nitrogens with zero attached hydrogens (tertiary/aromatic N) is 1. The van der Waals surface area contributed by atoms with Crippen molar-refractivity contribution < 1.29 is 13.2 Å². The lowest BCUT2D eigenvalue weighted by molar-refractivity contribution is 0.108. The predicted molar refractivity (Wildman–Crippen MR) is 82.3 cm³/mol. The fourth-order valence-electron chi connectivity index (χ4n) is 2.74. The molecule has 120 valence electrons. The van der Waals surface area contributed by atoms with Gasteiger partial charge in [-0.05, 0) is 45.1 Å². The average Bonchev–Trinajstić information content (AvgIpc) is 2.41. The smallest absolute Gasteiger partial charge is 0.211 e. The molecule has 0 saturated carbocycles. The zero-order valence-corrected chi connectivity index (χ0v) is 13.9. The molecule has 0 radical (unpaired) electrons. The second kappa shape index (κ2) is 8.97. The quantitative estimate of drug-likeness (QED) is 0.700. The lowest BCUT2D eigenvalue weighted by Gasteiger charge is -2.33. The first kappa shape index (κ1) is 17.9. The number of hydrogen-bond acceptors (Lipinski definition) is 4. The molecule has 5 nitrogen and oxygen atoms in total. The fraction of sp³-hybridized carbons (Fsp3) is 1.00. The van der Waals surface area contributed by atoms with Crippen LogP contribution in [0.15, 0.2) is 0 Å². The lowest BCUT2D eigenvalue weighted by atomic mass is 9.92. The van der Waals surface area contributed by atoms with Gasteiger partial charge in [0.2, 0.25) is 10.0 Å². The molecule has 20 heavy (non-hydrogen) atoms. The van der Waals surface area contributed by atoms with Crippen LogP contribution in [0.2, 0.25) is 0 Å². The number of ether oxygens (including phenoxy) is 1. The van der Waals surface area contributed by atoms with Gasteiger partial charge in [0.15, 0.2) is 0 Å². The van der Waals surface area contributed by atoms with Crippen molar-refractivity contribution in [3.8, 4) is 0 Å². The maximum atomic E-state index is 11.6. The Morgan fingerprint density at radius 3 is 2.75 bits per heavy atom. The van der Waals surface area contributed by atoms with Crippen molar-refractivity contribution in [2.75, 3.05) is 39.1 Å². The van der Waals surface area contributed by atoms with Gasteiger partial charge in [-0.25, -0.2) is 12.7 Å². The fourth-order valence-corrected chi connectivity index (χ4v) is 3.68. The van der Waals surface area contributed by atoms with Gasteiger partial charge in [-0.1, -0.05) is 6.92 Å². The summed E-state index contributed by atoms with van der Waals surface area (Å²) in [6, 6.07) is 0.333. The minimum atomic E-state index is -3.05. The summed E-state index contributed by atoms with van der Waals surface area (Å²) in [4.78, 5) is 0. The predicted octanol–water partition coefficient (Wildman–Crippen LogP) is 1.45. The normalized spacial score (nSPS) is 22.9. The van der Waals surface area contributed by atoms with Gasteiger partial charge in [-0.3, -0.25) is 0 Å². The summed E-state index contributed by atoms with van der Waals surface area (Å²) >= 11 is 0. The van der Waals surface area contributed by atoms with Crippen LogP contribution in [0, 0.1) is 5.92 Å². The van der Waals surface area contributed by atoms with Crippen LogP contribution in [-0.2, 0) is 14.8 Å². The summed E-state index contributed by atoms with van der Waals surface area (Å²) in [6.45, 7) is 7.92. The van der Waals surface area contributed by atoms with E-state index in [0.29, 0.717) is 31.7 Å². The number of hydrogen-bond donors (Lipinski definition) is 1. The molecule has 0 amide bonds. The molecule has 0 aliphatic carbocycles. The Morgan fingerprint density at radius 1 is 1.40 bits per heavy atom. The van der Waals surface area contributed by atoms with Crippen LogP contribution in [0.3, 0.4) is 0 Å². The highest BCUT2D eigenvalue weighted by atomic mass is 32.2. The molecule has 0 aromatic rings. The Bertz CT molecular complexity index is 351. The van der Waals surface area contributed by atoms with Crippen molar-refractivity contribution in [1.29, 1.82) is 0 Å². The molecular weight excluding hydrogens is 276 g/mol. The first-order chi connectivity index (χ1) is 9.47. The van der Waals surface area contributed by atoms with Crippen LogP contribution in [0.25, 0.3) is 0 Å². The summed E-state index contributed by atoms with van der Waals surface area (Å²) < 4.78 is 30.5. The van der Waals surface area contributed by atoms with E-state index in [1.165, 1.54) is 6.26 Å². The van der Waals surface area contributed by atoms with Crippen LogP contribution < -0.4 is 5.32 Å². The summed E-state index contributed by atoms with van der Waals surface area (Å²) in [7, 11) is -3.05. The van der Waals surface area contributed by atoms with Gasteiger partial charge in [-0.15, -0.1) is 0 Å². The topological polar surface area (TPSA) is 58.6 Å². The van der Waals surface area contributed by atoms with E-state index in [1.54, 1.807) is 4.31 Å². The van der Waals surface area contributed by atoms with Gasteiger partial charge in [0.25, 0.3) is 0 Å². The van der Waals surface area contributed by atoms with Gasteiger partial charge < -0.3 is 10.1 Å². The van der Waals surface area contributed by atoms with Crippen molar-refractivity contribution in [2.24, 2.45) is 5.92 Å². The van der Waals surface area contributed by atoms with Crippen molar-refractivity contribution in [3.05, 3.63) is 0 Å². The Balaban J connectivity index is 2.49. The number of rotatable bonds is 9. The third-order valence-corrected chi connectivity index (χ3v) is 5.04. The maximum Gasteiger partial charge on any atom is 0.211 e. The van der Waals surface area contributed by atoms with E-state index in [0.717, 1.165) is 38.8 Å². The molecule has 2 atom stereocenters. The van der Waals surface area contributed by atoms with Crippen molar-refractivity contribution in [3.63, 3.8) is 0 Å². The van der Waals surface area contributed by atoms with Crippen LogP contribution in [0.4, 0.5) is 0 Å². The second-order valence-corrected chi connectivity index (χ2v) is 7.66. The Kier molecular flexibility index (Phi) is 8.02. The van der Waals surface area contributed by atoms with E-state index < -0.39 is 10.0 Å². The molecule has 1 aliphatic heterocycles. The van der Waals surface area contributed by atoms with E-state index >= 15 is 0 Å². The summed E-state index contributed by atoms with van der Waals surface area (Å²) in [6.07, 6.45) is 5.48. The van der Waals surface area contributed by atoms with Gasteiger partial charge in [0.05, 0.1) is 12.9 Å². The first-order valence-electron chi connectivity index (χ1n) is 7.73. The van der Waals surface area contributed by atoms with E-state index in [-0.39, 0.29) is 0 Å². The Hall–Kier alpha value is -0.170. The third-order valence-electron chi connectivity index (χ3n) is 3.77. The first-order valence-corrected chi connectivity index (χ1v) is 9.58. The molecule has 0 aromatic heterocycles. The van der Waals surface area contributed by atoms with Crippen LogP contribution in [0.1, 0.15) is 39.5 Å². The highest BCUT2D eigenvalue weighted by Crippen LogP contribution is 2.22. The van der Waals surface area contributed by atoms with Crippen LogP contribution >= 0.6 is 0 Å². The summed E-state index contributed by atoms with van der Waals surface area (Å²) in [5, 5.41) is 3.51. The molecule has 1 aliphatic rings. The molecule has 1 rings (SSSR count). The van der Waals surface area contributed by atoms with Crippen LogP contribution in [0.5, 0.6) is 0 Å². The summed E-state index contributed by atoms with van der Waals surface area (Å²) in [5.74, 6) is 0.438.